The first-order valence-electron chi connectivity index (χ1n) is 9.89. The number of likely N-dealkylation sites (tertiary alicyclic amines) is 1. The summed E-state index contributed by atoms with van der Waals surface area (Å²) in [6, 6.07) is 9.23. The van der Waals surface area contributed by atoms with Crippen LogP contribution in [-0.2, 0) is 12.8 Å². The summed E-state index contributed by atoms with van der Waals surface area (Å²) in [7, 11) is 0. The van der Waals surface area contributed by atoms with Crippen LogP contribution in [0.4, 0.5) is 0 Å². The van der Waals surface area contributed by atoms with Gasteiger partial charge in [0.1, 0.15) is 0 Å². The molecule has 0 saturated carbocycles. The van der Waals surface area contributed by atoms with Crippen LogP contribution in [0.3, 0.4) is 0 Å². The molecule has 4 heteroatoms. The summed E-state index contributed by atoms with van der Waals surface area (Å²) in [5.74, 6) is 1.58. The molecule has 26 heavy (non-hydrogen) atoms. The summed E-state index contributed by atoms with van der Waals surface area (Å²) in [6.07, 6.45) is 4.60. The Morgan fingerprint density at radius 1 is 1.19 bits per heavy atom. The molecule has 0 spiro atoms. The fraction of sp³-hybridized carbons (Fsp3) is 0.545. The Balaban J connectivity index is 1.41. The van der Waals surface area contributed by atoms with Crippen molar-refractivity contribution in [2.45, 2.75) is 52.5 Å². The van der Waals surface area contributed by atoms with Gasteiger partial charge in [-0.25, -0.2) is 4.98 Å². The van der Waals surface area contributed by atoms with Crippen LogP contribution in [0.1, 0.15) is 54.0 Å². The standard InChI is InChI=1S/C22H29N3O/c1-15-11-19(12-16(2)23-15)13-18-8-9-25(14-18)17(3)21-7-6-20-5-4-10-26-22(20)24-21/h6-7,11-12,17-18H,4-5,8-10,13-14H2,1-3H3/t17?,18-/m1/s1. The van der Waals surface area contributed by atoms with E-state index in [9.17, 15) is 0 Å². The van der Waals surface area contributed by atoms with Crippen molar-refractivity contribution >= 4 is 0 Å². The van der Waals surface area contributed by atoms with Gasteiger partial charge < -0.3 is 4.74 Å². The third kappa shape index (κ3) is 3.75. The molecule has 2 atom stereocenters. The van der Waals surface area contributed by atoms with E-state index in [0.29, 0.717) is 12.0 Å². The van der Waals surface area contributed by atoms with E-state index in [2.05, 4.69) is 54.9 Å². The second-order valence-corrected chi connectivity index (χ2v) is 7.94. The third-order valence-corrected chi connectivity index (χ3v) is 5.75. The molecule has 2 aliphatic heterocycles. The summed E-state index contributed by atoms with van der Waals surface area (Å²) < 4.78 is 5.76. The van der Waals surface area contributed by atoms with Gasteiger partial charge in [-0.1, -0.05) is 6.07 Å². The minimum Gasteiger partial charge on any atom is -0.477 e. The number of aryl methyl sites for hydroxylation is 3. The van der Waals surface area contributed by atoms with Gasteiger partial charge >= 0.3 is 0 Å². The topological polar surface area (TPSA) is 38.2 Å². The summed E-state index contributed by atoms with van der Waals surface area (Å²) in [5.41, 5.74) is 6.08. The first-order chi connectivity index (χ1) is 12.6. The zero-order chi connectivity index (χ0) is 18.1. The van der Waals surface area contributed by atoms with Crippen molar-refractivity contribution in [3.05, 3.63) is 52.5 Å². The Kier molecular flexibility index (Phi) is 4.94. The van der Waals surface area contributed by atoms with Gasteiger partial charge in [0.05, 0.1) is 12.3 Å². The zero-order valence-electron chi connectivity index (χ0n) is 16.2. The lowest BCUT2D eigenvalue weighted by Crippen LogP contribution is -2.26. The Morgan fingerprint density at radius 2 is 2.00 bits per heavy atom. The molecule has 2 aliphatic rings. The number of nitrogens with zero attached hydrogens (tertiary/aromatic N) is 3. The number of hydrogen-bond donors (Lipinski definition) is 0. The van der Waals surface area contributed by atoms with E-state index in [0.717, 1.165) is 61.9 Å². The predicted octanol–water partition coefficient (Wildman–Crippen LogP) is 4.04. The number of ether oxygens (including phenoxy) is 1. The van der Waals surface area contributed by atoms with E-state index in [1.165, 1.54) is 17.5 Å². The summed E-state index contributed by atoms with van der Waals surface area (Å²) >= 11 is 0. The molecular weight excluding hydrogens is 322 g/mol. The molecule has 1 saturated heterocycles. The van der Waals surface area contributed by atoms with Crippen molar-refractivity contribution in [3.63, 3.8) is 0 Å². The Morgan fingerprint density at radius 3 is 2.81 bits per heavy atom. The van der Waals surface area contributed by atoms with Gasteiger partial charge in [0.2, 0.25) is 5.88 Å². The normalized spacial score (nSPS) is 21.3. The number of aromatic nitrogens is 2. The van der Waals surface area contributed by atoms with Crippen LogP contribution in [0.2, 0.25) is 0 Å². The van der Waals surface area contributed by atoms with E-state index in [-0.39, 0.29) is 0 Å². The zero-order valence-corrected chi connectivity index (χ0v) is 16.2. The van der Waals surface area contributed by atoms with Gasteiger partial charge in [0.15, 0.2) is 0 Å². The summed E-state index contributed by atoms with van der Waals surface area (Å²) in [5, 5.41) is 0. The lowest BCUT2D eigenvalue weighted by molar-refractivity contribution is 0.240. The highest BCUT2D eigenvalue weighted by atomic mass is 16.5. The molecule has 2 aromatic rings. The monoisotopic (exact) mass is 351 g/mol. The molecule has 138 valence electrons. The third-order valence-electron chi connectivity index (χ3n) is 5.75. The highest BCUT2D eigenvalue weighted by molar-refractivity contribution is 5.31. The van der Waals surface area contributed by atoms with Crippen LogP contribution in [-0.4, -0.2) is 34.6 Å². The minimum atomic E-state index is 0.344. The molecule has 1 unspecified atom stereocenters. The second-order valence-electron chi connectivity index (χ2n) is 7.94. The maximum Gasteiger partial charge on any atom is 0.216 e. The van der Waals surface area contributed by atoms with Gasteiger partial charge in [0, 0.05) is 29.5 Å². The van der Waals surface area contributed by atoms with Crippen molar-refractivity contribution in [1.82, 2.24) is 14.9 Å². The Hall–Kier alpha value is -1.94. The predicted molar refractivity (Wildman–Crippen MR) is 104 cm³/mol. The first kappa shape index (κ1) is 17.5. The van der Waals surface area contributed by atoms with Crippen molar-refractivity contribution < 1.29 is 4.74 Å². The molecule has 4 heterocycles. The van der Waals surface area contributed by atoms with Crippen molar-refractivity contribution in [2.75, 3.05) is 19.7 Å². The van der Waals surface area contributed by atoms with Crippen molar-refractivity contribution in [2.24, 2.45) is 5.92 Å². The van der Waals surface area contributed by atoms with Gasteiger partial charge in [-0.3, -0.25) is 9.88 Å². The highest BCUT2D eigenvalue weighted by Crippen LogP contribution is 2.31. The van der Waals surface area contributed by atoms with Gasteiger partial charge in [-0.05, 0) is 82.7 Å². The van der Waals surface area contributed by atoms with Crippen molar-refractivity contribution in [1.29, 1.82) is 0 Å². The van der Waals surface area contributed by atoms with Crippen LogP contribution in [0.25, 0.3) is 0 Å². The minimum absolute atomic E-state index is 0.344. The smallest absolute Gasteiger partial charge is 0.216 e. The quantitative estimate of drug-likeness (QED) is 0.833. The fourth-order valence-corrected chi connectivity index (χ4v) is 4.40. The number of hydrogen-bond acceptors (Lipinski definition) is 4. The summed E-state index contributed by atoms with van der Waals surface area (Å²) in [6.45, 7) is 9.54. The lowest BCUT2D eigenvalue weighted by Gasteiger charge is -2.25. The molecule has 0 aliphatic carbocycles. The van der Waals surface area contributed by atoms with Gasteiger partial charge in [0.25, 0.3) is 0 Å². The SMILES string of the molecule is Cc1cc(C[C@H]2CCN(C(C)c3ccc4c(n3)OCCC4)C2)cc(C)n1. The average molecular weight is 351 g/mol. The van der Waals surface area contributed by atoms with Gasteiger partial charge in [-0.2, -0.15) is 0 Å². The molecular formula is C22H29N3O. The van der Waals surface area contributed by atoms with Gasteiger partial charge in [-0.15, -0.1) is 0 Å². The van der Waals surface area contributed by atoms with E-state index >= 15 is 0 Å². The average Bonchev–Trinajstić information content (AvgIpc) is 3.08. The van der Waals surface area contributed by atoms with Crippen LogP contribution >= 0.6 is 0 Å². The molecule has 0 N–H and O–H groups in total. The Bertz CT molecular complexity index is 769. The van der Waals surface area contributed by atoms with Crippen LogP contribution < -0.4 is 4.74 Å². The molecule has 4 nitrogen and oxygen atoms in total. The van der Waals surface area contributed by atoms with E-state index < -0.39 is 0 Å². The molecule has 4 rings (SSSR count). The van der Waals surface area contributed by atoms with Crippen molar-refractivity contribution in [3.8, 4) is 5.88 Å². The maximum absolute atomic E-state index is 5.76. The fourth-order valence-electron chi connectivity index (χ4n) is 4.40. The lowest BCUT2D eigenvalue weighted by atomic mass is 9.98. The van der Waals surface area contributed by atoms with Crippen LogP contribution in [0, 0.1) is 19.8 Å². The highest BCUT2D eigenvalue weighted by Gasteiger charge is 2.28. The molecule has 1 fully saturated rings. The number of fused-ring (bicyclic) bond motifs is 1. The van der Waals surface area contributed by atoms with Crippen LogP contribution in [0.5, 0.6) is 5.88 Å². The first-order valence-corrected chi connectivity index (χ1v) is 9.89. The second kappa shape index (κ2) is 7.36. The van der Waals surface area contributed by atoms with E-state index in [4.69, 9.17) is 9.72 Å². The van der Waals surface area contributed by atoms with Crippen LogP contribution in [0.15, 0.2) is 24.3 Å². The molecule has 0 bridgehead atoms. The molecule has 2 aromatic heterocycles. The van der Waals surface area contributed by atoms with E-state index in [1.807, 2.05) is 0 Å². The molecule has 0 radical (unpaired) electrons. The number of rotatable bonds is 4. The Labute approximate surface area is 156 Å². The number of pyridine rings is 2. The summed E-state index contributed by atoms with van der Waals surface area (Å²) in [4.78, 5) is 11.9. The van der Waals surface area contributed by atoms with E-state index in [1.54, 1.807) is 0 Å². The molecule has 0 aromatic carbocycles. The largest absolute Gasteiger partial charge is 0.477 e. The molecule has 0 amide bonds. The maximum atomic E-state index is 5.76.